The van der Waals surface area contributed by atoms with Crippen LogP contribution in [0.15, 0.2) is 0 Å². The Morgan fingerprint density at radius 3 is 2.38 bits per heavy atom. The Hall–Kier alpha value is -0.130. The minimum Gasteiger partial charge on any atom is -0.324 e. The van der Waals surface area contributed by atoms with Crippen LogP contribution in [0.4, 0.5) is 0 Å². The minimum atomic E-state index is -2.82. The van der Waals surface area contributed by atoms with Crippen molar-refractivity contribution in [2.75, 3.05) is 24.6 Å². The van der Waals surface area contributed by atoms with Crippen molar-refractivity contribution < 1.29 is 8.42 Å². The normalized spacial score (nSPS) is 26.9. The Bertz CT molecular complexity index is 323. The van der Waals surface area contributed by atoms with Crippen molar-refractivity contribution in [3.63, 3.8) is 0 Å². The van der Waals surface area contributed by atoms with Gasteiger partial charge in [0.25, 0.3) is 0 Å². The van der Waals surface area contributed by atoms with Gasteiger partial charge in [0.15, 0.2) is 9.84 Å². The van der Waals surface area contributed by atoms with Gasteiger partial charge in [-0.1, -0.05) is 13.8 Å². The van der Waals surface area contributed by atoms with Crippen LogP contribution in [0, 0.1) is 0 Å². The Kier molecular flexibility index (Phi) is 4.37. The number of hydrogen-bond donors (Lipinski definition) is 1. The van der Waals surface area contributed by atoms with Crippen LogP contribution in [0.1, 0.15) is 33.6 Å². The summed E-state index contributed by atoms with van der Waals surface area (Å²) in [6.45, 7) is 7.59. The zero-order valence-corrected chi connectivity index (χ0v) is 11.4. The van der Waals surface area contributed by atoms with E-state index in [1.165, 1.54) is 0 Å². The highest BCUT2D eigenvalue weighted by Gasteiger charge is 2.32. The number of hydrogen-bond acceptors (Lipinski definition) is 4. The van der Waals surface area contributed by atoms with Crippen LogP contribution in [-0.2, 0) is 9.84 Å². The quantitative estimate of drug-likeness (QED) is 0.792. The minimum absolute atomic E-state index is 0.0970. The van der Waals surface area contributed by atoms with Crippen molar-refractivity contribution in [1.29, 1.82) is 0 Å². The molecular weight excluding hydrogens is 224 g/mol. The van der Waals surface area contributed by atoms with Crippen molar-refractivity contribution in [2.24, 2.45) is 5.73 Å². The molecule has 1 heterocycles. The zero-order valence-electron chi connectivity index (χ0n) is 10.6. The molecule has 5 heteroatoms. The van der Waals surface area contributed by atoms with Gasteiger partial charge >= 0.3 is 0 Å². The van der Waals surface area contributed by atoms with Crippen LogP contribution < -0.4 is 5.73 Å². The second-order valence-electron chi connectivity index (χ2n) is 5.00. The molecule has 1 aliphatic heterocycles. The summed E-state index contributed by atoms with van der Waals surface area (Å²) in [5.74, 6) is 0.553. The fraction of sp³-hybridized carbons (Fsp3) is 1.00. The van der Waals surface area contributed by atoms with Crippen LogP contribution in [0.3, 0.4) is 0 Å². The summed E-state index contributed by atoms with van der Waals surface area (Å²) in [5, 5.41) is 0. The van der Waals surface area contributed by atoms with Crippen molar-refractivity contribution >= 4 is 9.84 Å². The van der Waals surface area contributed by atoms with Crippen LogP contribution in [0.5, 0.6) is 0 Å². The molecule has 0 aromatic rings. The van der Waals surface area contributed by atoms with E-state index in [9.17, 15) is 8.42 Å². The largest absolute Gasteiger partial charge is 0.324 e. The lowest BCUT2D eigenvalue weighted by Gasteiger charge is -2.39. The Morgan fingerprint density at radius 1 is 1.38 bits per heavy atom. The number of nitrogens with two attached hydrogens (primary N) is 1. The summed E-state index contributed by atoms with van der Waals surface area (Å²) in [6.07, 6.45) is 1.86. The highest BCUT2D eigenvalue weighted by atomic mass is 32.2. The Morgan fingerprint density at radius 2 is 1.94 bits per heavy atom. The third-order valence-electron chi connectivity index (χ3n) is 3.73. The molecule has 16 heavy (non-hydrogen) atoms. The average molecular weight is 248 g/mol. The van der Waals surface area contributed by atoms with Crippen molar-refractivity contribution in [3.8, 4) is 0 Å². The summed E-state index contributed by atoms with van der Waals surface area (Å²) in [5.41, 5.74) is 6.09. The first-order valence-corrected chi connectivity index (χ1v) is 7.87. The van der Waals surface area contributed by atoms with Crippen molar-refractivity contribution in [2.45, 2.75) is 45.2 Å². The molecule has 0 aromatic carbocycles. The lowest BCUT2D eigenvalue weighted by atomic mass is 9.93. The fourth-order valence-corrected chi connectivity index (χ4v) is 3.77. The summed E-state index contributed by atoms with van der Waals surface area (Å²) < 4.78 is 22.9. The summed E-state index contributed by atoms with van der Waals surface area (Å²) in [7, 11) is -2.82. The number of nitrogens with zero attached hydrogens (tertiary/aromatic N) is 1. The molecule has 0 aromatic heterocycles. The predicted molar refractivity (Wildman–Crippen MR) is 67.2 cm³/mol. The molecule has 1 fully saturated rings. The molecule has 1 aliphatic rings. The van der Waals surface area contributed by atoms with E-state index >= 15 is 0 Å². The average Bonchev–Trinajstić information content (AvgIpc) is 2.21. The Labute approximate surface area is 99.1 Å². The van der Waals surface area contributed by atoms with Crippen LogP contribution in [0.25, 0.3) is 0 Å². The van der Waals surface area contributed by atoms with Gasteiger partial charge in [0.2, 0.25) is 0 Å². The second-order valence-corrected chi connectivity index (χ2v) is 7.23. The van der Waals surface area contributed by atoms with E-state index in [2.05, 4.69) is 18.7 Å². The smallest absolute Gasteiger partial charge is 0.153 e. The van der Waals surface area contributed by atoms with Crippen molar-refractivity contribution in [1.82, 2.24) is 4.90 Å². The maximum atomic E-state index is 11.5. The predicted octanol–water partition coefficient (Wildman–Crippen LogP) is 0.623. The van der Waals surface area contributed by atoms with E-state index in [-0.39, 0.29) is 23.1 Å². The van der Waals surface area contributed by atoms with Gasteiger partial charge in [-0.2, -0.15) is 0 Å². The third kappa shape index (κ3) is 3.43. The highest BCUT2D eigenvalue weighted by molar-refractivity contribution is 7.91. The molecular formula is C11H24N2O2S. The molecule has 0 saturated carbocycles. The van der Waals surface area contributed by atoms with Gasteiger partial charge in [-0.05, 0) is 19.8 Å². The van der Waals surface area contributed by atoms with E-state index in [0.717, 1.165) is 19.4 Å². The fourth-order valence-electron chi connectivity index (χ4n) is 2.15. The number of sulfone groups is 1. The molecule has 96 valence electrons. The van der Waals surface area contributed by atoms with Crippen molar-refractivity contribution in [3.05, 3.63) is 0 Å². The Balaban J connectivity index is 2.63. The van der Waals surface area contributed by atoms with Gasteiger partial charge < -0.3 is 5.73 Å². The second kappa shape index (κ2) is 5.02. The molecule has 1 rings (SSSR count). The highest BCUT2D eigenvalue weighted by Crippen LogP contribution is 2.18. The maximum absolute atomic E-state index is 11.5. The van der Waals surface area contributed by atoms with Gasteiger partial charge in [0, 0.05) is 24.7 Å². The van der Waals surface area contributed by atoms with E-state index in [4.69, 9.17) is 5.73 Å². The van der Waals surface area contributed by atoms with Gasteiger partial charge in [0.1, 0.15) is 0 Å². The molecule has 4 nitrogen and oxygen atoms in total. The van der Waals surface area contributed by atoms with E-state index in [0.29, 0.717) is 6.54 Å². The van der Waals surface area contributed by atoms with Gasteiger partial charge in [0.05, 0.1) is 11.5 Å². The molecule has 2 N–H and O–H groups in total. The molecule has 0 aliphatic carbocycles. The van der Waals surface area contributed by atoms with E-state index < -0.39 is 9.84 Å². The van der Waals surface area contributed by atoms with Crippen LogP contribution >= 0.6 is 0 Å². The monoisotopic (exact) mass is 248 g/mol. The molecule has 1 saturated heterocycles. The molecule has 0 amide bonds. The van der Waals surface area contributed by atoms with E-state index in [1.807, 2.05) is 6.92 Å². The molecule has 0 radical (unpaired) electrons. The molecule has 1 atom stereocenters. The first kappa shape index (κ1) is 13.9. The van der Waals surface area contributed by atoms with Crippen LogP contribution in [-0.4, -0.2) is 49.5 Å². The maximum Gasteiger partial charge on any atom is 0.153 e. The summed E-state index contributed by atoms with van der Waals surface area (Å²) in [4.78, 5) is 2.22. The summed E-state index contributed by atoms with van der Waals surface area (Å²) in [6, 6.07) is 0.0970. The zero-order chi connectivity index (χ0) is 12.4. The number of rotatable bonds is 4. The topological polar surface area (TPSA) is 63.4 Å². The van der Waals surface area contributed by atoms with E-state index in [1.54, 1.807) is 0 Å². The lowest BCUT2D eigenvalue weighted by molar-refractivity contribution is 0.167. The first-order chi connectivity index (χ1) is 7.32. The summed E-state index contributed by atoms with van der Waals surface area (Å²) >= 11 is 0. The third-order valence-corrected chi connectivity index (χ3v) is 5.53. The molecule has 0 spiro atoms. The standard InChI is InChI=1S/C11H24N2O2S/c1-4-11(12,5-2)9-13-6-7-16(14,15)8-10(13)3/h10H,4-9,12H2,1-3H3. The van der Waals surface area contributed by atoms with Gasteiger partial charge in [-0.15, -0.1) is 0 Å². The van der Waals surface area contributed by atoms with Gasteiger partial charge in [-0.3, -0.25) is 4.90 Å². The SMILES string of the molecule is CCC(N)(CC)CN1CCS(=O)(=O)CC1C. The van der Waals surface area contributed by atoms with Gasteiger partial charge in [-0.25, -0.2) is 8.42 Å². The molecule has 0 bridgehead atoms. The lowest BCUT2D eigenvalue weighted by Crippen LogP contribution is -2.56. The first-order valence-electron chi connectivity index (χ1n) is 6.05. The van der Waals surface area contributed by atoms with Crippen LogP contribution in [0.2, 0.25) is 0 Å². The molecule has 1 unspecified atom stereocenters.